The minimum absolute atomic E-state index is 0.0823. The van der Waals surface area contributed by atoms with Crippen molar-refractivity contribution in [2.75, 3.05) is 14.2 Å². The number of nitrogens with one attached hydrogen (secondary N) is 1. The van der Waals surface area contributed by atoms with Gasteiger partial charge in [0.05, 0.1) is 14.2 Å². The van der Waals surface area contributed by atoms with Crippen LogP contribution >= 0.6 is 11.3 Å². The van der Waals surface area contributed by atoms with E-state index in [4.69, 9.17) is 9.47 Å². The summed E-state index contributed by atoms with van der Waals surface area (Å²) in [5.74, 6) is -0.189. The predicted octanol–water partition coefficient (Wildman–Crippen LogP) is 2.75. The van der Waals surface area contributed by atoms with E-state index in [0.29, 0.717) is 0 Å². The molecule has 1 heterocycles. The molecule has 0 aliphatic rings. The maximum atomic E-state index is 12.3. The van der Waals surface area contributed by atoms with Crippen LogP contribution in [0.5, 0.6) is 5.75 Å². The van der Waals surface area contributed by atoms with Gasteiger partial charge in [-0.05, 0) is 30.2 Å². The van der Waals surface area contributed by atoms with E-state index >= 15 is 0 Å². The molecule has 1 amide bonds. The van der Waals surface area contributed by atoms with Crippen LogP contribution in [0.25, 0.3) is 10.6 Å². The SMILES string of the molecule is COC(=O)C(NC(=O)c1csc(-c2ccc(OC)cc2)n1)C(C)C. The van der Waals surface area contributed by atoms with Crippen LogP contribution in [0.3, 0.4) is 0 Å². The summed E-state index contributed by atoms with van der Waals surface area (Å²) < 4.78 is 9.85. The Kier molecular flexibility index (Phi) is 5.92. The molecule has 6 nitrogen and oxygen atoms in total. The van der Waals surface area contributed by atoms with E-state index < -0.39 is 17.9 Å². The second-order valence-corrected chi connectivity index (χ2v) is 6.34. The number of methoxy groups -OCH3 is 2. The van der Waals surface area contributed by atoms with Gasteiger partial charge in [0.25, 0.3) is 5.91 Å². The summed E-state index contributed by atoms with van der Waals surface area (Å²) in [6.07, 6.45) is 0. The number of aromatic nitrogens is 1. The molecule has 1 aromatic carbocycles. The van der Waals surface area contributed by atoms with Crippen molar-refractivity contribution in [3.63, 3.8) is 0 Å². The van der Waals surface area contributed by atoms with Gasteiger partial charge in [0, 0.05) is 10.9 Å². The molecule has 24 heavy (non-hydrogen) atoms. The lowest BCUT2D eigenvalue weighted by molar-refractivity contribution is -0.144. The van der Waals surface area contributed by atoms with Gasteiger partial charge in [-0.2, -0.15) is 0 Å². The van der Waals surface area contributed by atoms with Gasteiger partial charge in [-0.25, -0.2) is 9.78 Å². The molecule has 1 unspecified atom stereocenters. The van der Waals surface area contributed by atoms with Crippen molar-refractivity contribution in [3.05, 3.63) is 35.3 Å². The summed E-state index contributed by atoms with van der Waals surface area (Å²) >= 11 is 1.37. The van der Waals surface area contributed by atoms with Crippen LogP contribution in [0.15, 0.2) is 29.6 Å². The molecule has 7 heteroatoms. The lowest BCUT2D eigenvalue weighted by atomic mass is 10.0. The number of nitrogens with zero attached hydrogens (tertiary/aromatic N) is 1. The third-order valence-electron chi connectivity index (χ3n) is 3.48. The predicted molar refractivity (Wildman–Crippen MR) is 92.2 cm³/mol. The largest absolute Gasteiger partial charge is 0.497 e. The zero-order valence-electron chi connectivity index (χ0n) is 14.0. The first-order chi connectivity index (χ1) is 11.5. The smallest absolute Gasteiger partial charge is 0.328 e. The Morgan fingerprint density at radius 1 is 1.17 bits per heavy atom. The van der Waals surface area contributed by atoms with Gasteiger partial charge in [0.15, 0.2) is 0 Å². The average Bonchev–Trinajstić information content (AvgIpc) is 3.08. The average molecular weight is 348 g/mol. The number of carbonyl (C=O) groups is 2. The molecule has 0 bridgehead atoms. The summed E-state index contributed by atoms with van der Waals surface area (Å²) in [4.78, 5) is 28.4. The van der Waals surface area contributed by atoms with E-state index in [1.807, 2.05) is 38.1 Å². The minimum atomic E-state index is -0.700. The van der Waals surface area contributed by atoms with Crippen molar-refractivity contribution in [1.82, 2.24) is 10.3 Å². The fourth-order valence-electron chi connectivity index (χ4n) is 2.08. The summed E-state index contributed by atoms with van der Waals surface area (Å²) in [6, 6.07) is 6.73. The van der Waals surface area contributed by atoms with Gasteiger partial charge < -0.3 is 14.8 Å². The first-order valence-electron chi connectivity index (χ1n) is 7.45. The zero-order valence-corrected chi connectivity index (χ0v) is 14.8. The van der Waals surface area contributed by atoms with E-state index in [9.17, 15) is 9.59 Å². The fourth-order valence-corrected chi connectivity index (χ4v) is 2.89. The molecule has 0 fully saturated rings. The lowest BCUT2D eigenvalue weighted by Gasteiger charge is -2.19. The number of ether oxygens (including phenoxy) is 2. The fraction of sp³-hybridized carbons (Fsp3) is 0.353. The lowest BCUT2D eigenvalue weighted by Crippen LogP contribution is -2.45. The first-order valence-corrected chi connectivity index (χ1v) is 8.33. The van der Waals surface area contributed by atoms with Gasteiger partial charge in [-0.15, -0.1) is 11.3 Å². The topological polar surface area (TPSA) is 77.5 Å². The van der Waals surface area contributed by atoms with Gasteiger partial charge in [0.1, 0.15) is 22.5 Å². The van der Waals surface area contributed by atoms with E-state index in [1.165, 1.54) is 18.4 Å². The van der Waals surface area contributed by atoms with Crippen LogP contribution in [0, 0.1) is 5.92 Å². The van der Waals surface area contributed by atoms with Crippen LogP contribution < -0.4 is 10.1 Å². The molecule has 1 N–H and O–H groups in total. The molecule has 2 aromatic rings. The van der Waals surface area contributed by atoms with Gasteiger partial charge in [0.2, 0.25) is 0 Å². The molecule has 0 spiro atoms. The van der Waals surface area contributed by atoms with Crippen molar-refractivity contribution >= 4 is 23.2 Å². The van der Waals surface area contributed by atoms with Crippen LogP contribution in [0.4, 0.5) is 0 Å². The molecule has 2 rings (SSSR count). The maximum absolute atomic E-state index is 12.3. The maximum Gasteiger partial charge on any atom is 0.328 e. The van der Waals surface area contributed by atoms with Crippen LogP contribution in [-0.4, -0.2) is 37.1 Å². The molecule has 0 saturated carbocycles. The number of thiazole rings is 1. The zero-order chi connectivity index (χ0) is 17.7. The number of carbonyl (C=O) groups excluding carboxylic acids is 2. The normalized spacial score (nSPS) is 11.9. The van der Waals surface area contributed by atoms with Crippen molar-refractivity contribution in [3.8, 4) is 16.3 Å². The van der Waals surface area contributed by atoms with E-state index in [-0.39, 0.29) is 11.6 Å². The summed E-state index contributed by atoms with van der Waals surface area (Å²) in [5.41, 5.74) is 1.17. The molecule has 1 atom stereocenters. The molecule has 0 aliphatic heterocycles. The number of hydrogen-bond acceptors (Lipinski definition) is 6. The van der Waals surface area contributed by atoms with Crippen molar-refractivity contribution in [2.24, 2.45) is 5.92 Å². The van der Waals surface area contributed by atoms with E-state index in [1.54, 1.807) is 12.5 Å². The third-order valence-corrected chi connectivity index (χ3v) is 4.37. The molecule has 0 aliphatic carbocycles. The summed E-state index contributed by atoms with van der Waals surface area (Å²) in [6.45, 7) is 3.68. The Labute approximate surface area is 144 Å². The summed E-state index contributed by atoms with van der Waals surface area (Å²) in [7, 11) is 2.90. The standard InChI is InChI=1S/C17H20N2O4S/c1-10(2)14(17(21)23-4)19-15(20)13-9-24-16(18-13)11-5-7-12(22-3)8-6-11/h5-10,14H,1-4H3,(H,19,20). The van der Waals surface area contributed by atoms with Crippen LogP contribution in [-0.2, 0) is 9.53 Å². The monoisotopic (exact) mass is 348 g/mol. The van der Waals surface area contributed by atoms with Crippen LogP contribution in [0.1, 0.15) is 24.3 Å². The van der Waals surface area contributed by atoms with E-state index in [2.05, 4.69) is 10.3 Å². The molecular formula is C17H20N2O4S. The second kappa shape index (κ2) is 7.92. The van der Waals surface area contributed by atoms with Crippen molar-refractivity contribution < 1.29 is 19.1 Å². The highest BCUT2D eigenvalue weighted by Gasteiger charge is 2.26. The summed E-state index contributed by atoms with van der Waals surface area (Å²) in [5, 5.41) is 5.07. The second-order valence-electron chi connectivity index (χ2n) is 5.48. The van der Waals surface area contributed by atoms with Gasteiger partial charge >= 0.3 is 5.97 Å². The molecule has 1 aromatic heterocycles. The first kappa shape index (κ1) is 17.9. The number of hydrogen-bond donors (Lipinski definition) is 1. The van der Waals surface area contributed by atoms with Crippen molar-refractivity contribution in [1.29, 1.82) is 0 Å². The Hall–Kier alpha value is -2.41. The highest BCUT2D eigenvalue weighted by molar-refractivity contribution is 7.13. The molecule has 0 radical (unpaired) electrons. The van der Waals surface area contributed by atoms with Gasteiger partial charge in [-0.3, -0.25) is 4.79 Å². The number of esters is 1. The Morgan fingerprint density at radius 2 is 1.83 bits per heavy atom. The Bertz CT molecular complexity index is 710. The number of rotatable bonds is 6. The van der Waals surface area contributed by atoms with E-state index in [0.717, 1.165) is 16.3 Å². The minimum Gasteiger partial charge on any atom is -0.497 e. The number of amides is 1. The molecular weight excluding hydrogens is 328 g/mol. The number of benzene rings is 1. The highest BCUT2D eigenvalue weighted by atomic mass is 32.1. The highest BCUT2D eigenvalue weighted by Crippen LogP contribution is 2.25. The Balaban J connectivity index is 2.13. The van der Waals surface area contributed by atoms with Crippen LogP contribution in [0.2, 0.25) is 0 Å². The quantitative estimate of drug-likeness (QED) is 0.812. The van der Waals surface area contributed by atoms with Crippen molar-refractivity contribution in [2.45, 2.75) is 19.9 Å². The Morgan fingerprint density at radius 3 is 2.38 bits per heavy atom. The molecule has 128 valence electrons. The third kappa shape index (κ3) is 4.11. The molecule has 0 saturated heterocycles. The van der Waals surface area contributed by atoms with Gasteiger partial charge in [-0.1, -0.05) is 13.8 Å².